The number of thiophene rings is 1. The monoisotopic (exact) mass is 272 g/mol. The first-order valence-corrected chi connectivity index (χ1v) is 6.41. The van der Waals surface area contributed by atoms with Crippen LogP contribution in [0, 0.1) is 22.7 Å². The van der Waals surface area contributed by atoms with Crippen molar-refractivity contribution in [1.29, 1.82) is 10.5 Å². The molecule has 0 radical (unpaired) electrons. The molecule has 0 saturated heterocycles. The predicted molar refractivity (Wildman–Crippen MR) is 73.6 cm³/mol. The van der Waals surface area contributed by atoms with Crippen LogP contribution in [0.3, 0.4) is 0 Å². The van der Waals surface area contributed by atoms with E-state index in [0.717, 1.165) is 12.2 Å². The SMILES string of the molecule is Cn1ccnc1CCNc1sc(C#N)c(N)c1C#N. The summed E-state index contributed by atoms with van der Waals surface area (Å²) in [4.78, 5) is 4.58. The minimum Gasteiger partial charge on any atom is -0.396 e. The maximum Gasteiger partial charge on any atom is 0.131 e. The third-order valence-corrected chi connectivity index (χ3v) is 3.78. The van der Waals surface area contributed by atoms with Gasteiger partial charge in [0.25, 0.3) is 0 Å². The number of nitrogens with two attached hydrogens (primary N) is 1. The lowest BCUT2D eigenvalue weighted by molar-refractivity contribution is 0.790. The van der Waals surface area contributed by atoms with E-state index in [9.17, 15) is 0 Å². The molecule has 0 saturated carbocycles. The van der Waals surface area contributed by atoms with Crippen molar-refractivity contribution in [2.45, 2.75) is 6.42 Å². The molecule has 0 aliphatic rings. The van der Waals surface area contributed by atoms with Crippen molar-refractivity contribution in [2.24, 2.45) is 7.05 Å². The van der Waals surface area contributed by atoms with Crippen LogP contribution in [0.25, 0.3) is 0 Å². The number of anilines is 2. The Kier molecular flexibility index (Phi) is 3.69. The molecule has 6 nitrogen and oxygen atoms in total. The van der Waals surface area contributed by atoms with E-state index in [-0.39, 0.29) is 5.69 Å². The first-order valence-electron chi connectivity index (χ1n) is 5.60. The second-order valence-electron chi connectivity index (χ2n) is 3.90. The number of nitrogens with one attached hydrogen (secondary N) is 1. The summed E-state index contributed by atoms with van der Waals surface area (Å²) >= 11 is 1.21. The maximum absolute atomic E-state index is 9.05. The molecule has 2 heterocycles. The van der Waals surface area contributed by atoms with Crippen LogP contribution >= 0.6 is 11.3 Å². The van der Waals surface area contributed by atoms with Crippen LogP contribution in [-0.4, -0.2) is 16.1 Å². The van der Waals surface area contributed by atoms with Crippen molar-refractivity contribution < 1.29 is 0 Å². The third-order valence-electron chi connectivity index (χ3n) is 2.71. The minimum absolute atomic E-state index is 0.259. The van der Waals surface area contributed by atoms with Crippen molar-refractivity contribution in [3.8, 4) is 12.1 Å². The van der Waals surface area contributed by atoms with E-state index >= 15 is 0 Å². The Hall–Kier alpha value is -2.51. The van der Waals surface area contributed by atoms with Crippen molar-refractivity contribution >= 4 is 22.0 Å². The molecular formula is C12H12N6S. The zero-order chi connectivity index (χ0) is 13.8. The van der Waals surface area contributed by atoms with Gasteiger partial charge in [-0.25, -0.2) is 4.98 Å². The van der Waals surface area contributed by atoms with Gasteiger partial charge in [0.05, 0.1) is 5.69 Å². The highest BCUT2D eigenvalue weighted by Gasteiger charge is 2.15. The van der Waals surface area contributed by atoms with E-state index in [0.29, 0.717) is 22.0 Å². The molecule has 2 aromatic heterocycles. The van der Waals surface area contributed by atoms with E-state index in [1.807, 2.05) is 30.0 Å². The lowest BCUT2D eigenvalue weighted by atomic mass is 10.2. The van der Waals surface area contributed by atoms with E-state index in [4.69, 9.17) is 16.3 Å². The summed E-state index contributed by atoms with van der Waals surface area (Å²) in [7, 11) is 1.93. The highest BCUT2D eigenvalue weighted by molar-refractivity contribution is 7.17. The van der Waals surface area contributed by atoms with Gasteiger partial charge in [-0.3, -0.25) is 0 Å². The van der Waals surface area contributed by atoms with Gasteiger partial charge < -0.3 is 15.6 Å². The minimum atomic E-state index is 0.259. The molecule has 7 heteroatoms. The number of rotatable bonds is 4. The molecule has 0 aromatic carbocycles. The van der Waals surface area contributed by atoms with Gasteiger partial charge in [0.2, 0.25) is 0 Å². The fourth-order valence-corrected chi connectivity index (χ4v) is 2.58. The van der Waals surface area contributed by atoms with Crippen LogP contribution in [0.5, 0.6) is 0 Å². The topological polar surface area (TPSA) is 103 Å². The maximum atomic E-state index is 9.05. The Balaban J connectivity index is 2.07. The molecule has 96 valence electrons. The van der Waals surface area contributed by atoms with Crippen molar-refractivity contribution in [3.63, 3.8) is 0 Å². The average molecular weight is 272 g/mol. The molecule has 2 aromatic rings. The Bertz CT molecular complexity index is 669. The van der Waals surface area contributed by atoms with Gasteiger partial charge in [0, 0.05) is 32.4 Å². The molecular weight excluding hydrogens is 260 g/mol. The summed E-state index contributed by atoms with van der Waals surface area (Å²) in [6.45, 7) is 0.629. The summed E-state index contributed by atoms with van der Waals surface area (Å²) in [5, 5.41) is 21.7. The molecule has 0 atom stereocenters. The van der Waals surface area contributed by atoms with Gasteiger partial charge >= 0.3 is 0 Å². The number of aryl methyl sites for hydroxylation is 1. The van der Waals surface area contributed by atoms with Crippen molar-refractivity contribution in [2.75, 3.05) is 17.6 Å². The van der Waals surface area contributed by atoms with Gasteiger partial charge in [0.1, 0.15) is 33.4 Å². The summed E-state index contributed by atoms with van der Waals surface area (Å²) in [5.74, 6) is 0.955. The van der Waals surface area contributed by atoms with Crippen LogP contribution in [0.15, 0.2) is 12.4 Å². The summed E-state index contributed by atoms with van der Waals surface area (Å²) in [6.07, 6.45) is 4.36. The highest BCUT2D eigenvalue weighted by atomic mass is 32.1. The first kappa shape index (κ1) is 12.9. The predicted octanol–water partition coefficient (Wildman–Crippen LogP) is 1.46. The Morgan fingerprint density at radius 1 is 1.47 bits per heavy atom. The van der Waals surface area contributed by atoms with Crippen molar-refractivity contribution in [1.82, 2.24) is 9.55 Å². The van der Waals surface area contributed by atoms with Crippen LogP contribution in [0.2, 0.25) is 0 Å². The smallest absolute Gasteiger partial charge is 0.131 e. The number of aromatic nitrogens is 2. The molecule has 3 N–H and O–H groups in total. The Morgan fingerprint density at radius 2 is 2.26 bits per heavy atom. The second-order valence-corrected chi connectivity index (χ2v) is 4.92. The van der Waals surface area contributed by atoms with Crippen molar-refractivity contribution in [3.05, 3.63) is 28.7 Å². The van der Waals surface area contributed by atoms with E-state index in [2.05, 4.69) is 10.3 Å². The summed E-state index contributed by atoms with van der Waals surface area (Å²) < 4.78 is 1.94. The lowest BCUT2D eigenvalue weighted by Gasteiger charge is -2.04. The molecule has 0 aliphatic carbocycles. The number of hydrogen-bond donors (Lipinski definition) is 2. The number of imidazole rings is 1. The Morgan fingerprint density at radius 3 is 2.84 bits per heavy atom. The molecule has 0 fully saturated rings. The summed E-state index contributed by atoms with van der Waals surface area (Å²) in [6, 6.07) is 4.01. The number of nitrogens with zero attached hydrogens (tertiary/aromatic N) is 4. The van der Waals surface area contributed by atoms with Crippen LogP contribution in [0.4, 0.5) is 10.7 Å². The molecule has 0 unspecified atom stereocenters. The van der Waals surface area contributed by atoms with Gasteiger partial charge in [-0.15, -0.1) is 11.3 Å². The lowest BCUT2D eigenvalue weighted by Crippen LogP contribution is -2.08. The van der Waals surface area contributed by atoms with E-state index < -0.39 is 0 Å². The highest BCUT2D eigenvalue weighted by Crippen LogP contribution is 2.34. The normalized spacial score (nSPS) is 9.84. The van der Waals surface area contributed by atoms with Gasteiger partial charge in [-0.1, -0.05) is 0 Å². The molecule has 0 aliphatic heterocycles. The first-order chi connectivity index (χ1) is 9.17. The van der Waals surface area contributed by atoms with Crippen LogP contribution in [0.1, 0.15) is 16.3 Å². The van der Waals surface area contributed by atoms with Gasteiger partial charge in [-0.05, 0) is 0 Å². The van der Waals surface area contributed by atoms with Gasteiger partial charge in [0.15, 0.2) is 0 Å². The number of nitrogen functional groups attached to an aromatic ring is 1. The zero-order valence-corrected chi connectivity index (χ0v) is 11.2. The second kappa shape index (κ2) is 5.42. The fourth-order valence-electron chi connectivity index (χ4n) is 1.69. The Labute approximate surface area is 114 Å². The quantitative estimate of drug-likeness (QED) is 0.877. The average Bonchev–Trinajstić information content (AvgIpc) is 2.94. The van der Waals surface area contributed by atoms with Gasteiger partial charge in [-0.2, -0.15) is 10.5 Å². The number of nitriles is 2. The standard InChI is InChI=1S/C12H12N6S/c1-18-5-4-16-10(18)2-3-17-12-8(6-13)11(15)9(7-14)19-12/h4-5,17H,2-3,15H2,1H3. The molecule has 19 heavy (non-hydrogen) atoms. The molecule has 0 bridgehead atoms. The molecule has 0 amide bonds. The molecule has 2 rings (SSSR count). The van der Waals surface area contributed by atoms with Crippen LogP contribution in [-0.2, 0) is 13.5 Å². The molecule has 0 spiro atoms. The fraction of sp³-hybridized carbons (Fsp3) is 0.250. The van der Waals surface area contributed by atoms with E-state index in [1.54, 1.807) is 6.20 Å². The zero-order valence-electron chi connectivity index (χ0n) is 10.3. The van der Waals surface area contributed by atoms with Crippen LogP contribution < -0.4 is 11.1 Å². The third kappa shape index (κ3) is 2.51. The summed E-state index contributed by atoms with van der Waals surface area (Å²) in [5.41, 5.74) is 6.33. The largest absolute Gasteiger partial charge is 0.396 e. The van der Waals surface area contributed by atoms with E-state index in [1.165, 1.54) is 11.3 Å². The number of hydrogen-bond acceptors (Lipinski definition) is 6.